The van der Waals surface area contributed by atoms with E-state index in [1.807, 2.05) is 23.6 Å². The van der Waals surface area contributed by atoms with Gasteiger partial charge in [-0.15, -0.1) is 14.6 Å². The summed E-state index contributed by atoms with van der Waals surface area (Å²) in [7, 11) is -2.76. The summed E-state index contributed by atoms with van der Waals surface area (Å²) in [5, 5.41) is 10.2. The second kappa shape index (κ2) is 8.62. The number of carbonyl (C=O) groups is 2. The Bertz CT molecular complexity index is 1320. The fourth-order valence-corrected chi connectivity index (χ4v) is 6.73. The van der Waals surface area contributed by atoms with Crippen LogP contribution in [0, 0.1) is 6.92 Å². The number of amidine groups is 1. The van der Waals surface area contributed by atoms with E-state index >= 15 is 0 Å². The highest BCUT2D eigenvalue weighted by Crippen LogP contribution is 2.66. The third-order valence-electron chi connectivity index (χ3n) is 5.69. The zero-order valence-electron chi connectivity index (χ0n) is 18.6. The van der Waals surface area contributed by atoms with Crippen LogP contribution in [0.4, 0.5) is 0 Å². The molecule has 12 nitrogen and oxygen atoms in total. The Balaban J connectivity index is 1.05. The third kappa shape index (κ3) is 4.02. The summed E-state index contributed by atoms with van der Waals surface area (Å²) in [4.78, 5) is 33.0. The van der Waals surface area contributed by atoms with Crippen LogP contribution in [-0.2, 0) is 18.0 Å². The van der Waals surface area contributed by atoms with Crippen molar-refractivity contribution in [2.45, 2.75) is 11.8 Å². The Morgan fingerprint density at radius 2 is 1.86 bits per heavy atom. The second-order valence-corrected chi connectivity index (χ2v) is 10.7. The summed E-state index contributed by atoms with van der Waals surface area (Å²) < 4.78 is 26.5. The van der Waals surface area contributed by atoms with Crippen LogP contribution in [0.1, 0.15) is 11.5 Å². The van der Waals surface area contributed by atoms with E-state index in [9.17, 15) is 9.59 Å². The molecule has 0 radical (unpaired) electrons. The molecule has 0 unspecified atom stereocenters. The Morgan fingerprint density at radius 3 is 2.60 bits per heavy atom. The predicted octanol–water partition coefficient (Wildman–Crippen LogP) is 1.97. The van der Waals surface area contributed by atoms with E-state index in [1.165, 1.54) is 11.3 Å². The summed E-state index contributed by atoms with van der Waals surface area (Å²) in [6, 6.07) is 7.42. The first-order valence-corrected chi connectivity index (χ1v) is 13.2. The van der Waals surface area contributed by atoms with Gasteiger partial charge in [0.25, 0.3) is 11.1 Å². The van der Waals surface area contributed by atoms with Gasteiger partial charge in [0.15, 0.2) is 5.84 Å². The number of aryl methyl sites for hydroxylation is 1. The molecule has 3 aromatic rings. The monoisotopic (exact) mass is 516 g/mol. The fraction of sp³-hybridized carbons (Fsp3) is 0.333. The number of aromatic nitrogens is 3. The molecule has 1 spiro atoms. The number of ether oxygens (including phenoxy) is 1. The van der Waals surface area contributed by atoms with Crippen molar-refractivity contribution in [3.05, 3.63) is 41.1 Å². The molecule has 0 bridgehead atoms. The molecule has 2 saturated heterocycles. The summed E-state index contributed by atoms with van der Waals surface area (Å²) in [6.07, 6.45) is 0. The molecule has 2 aromatic heterocycles. The van der Waals surface area contributed by atoms with Crippen molar-refractivity contribution >= 4 is 39.9 Å². The van der Waals surface area contributed by atoms with Crippen LogP contribution in [0.3, 0.4) is 0 Å². The van der Waals surface area contributed by atoms with E-state index in [4.69, 9.17) is 17.5 Å². The zero-order valence-corrected chi connectivity index (χ0v) is 20.2. The van der Waals surface area contributed by atoms with Crippen molar-refractivity contribution < 1.29 is 27.1 Å². The van der Waals surface area contributed by atoms with Crippen molar-refractivity contribution in [2.75, 3.05) is 39.3 Å². The van der Waals surface area contributed by atoms with E-state index in [0.29, 0.717) is 40.0 Å². The molecule has 3 aliphatic rings. The molecular formula is C21H20N6O6S2. The van der Waals surface area contributed by atoms with E-state index in [-0.39, 0.29) is 0 Å². The molecule has 0 N–H and O–H groups in total. The average molecular weight is 517 g/mol. The topological polar surface area (TPSA) is 132 Å². The number of fused-ring (bicyclic) bond motifs is 2. The Kier molecular flexibility index (Phi) is 5.42. The van der Waals surface area contributed by atoms with Gasteiger partial charge in [-0.2, -0.15) is 4.98 Å². The lowest BCUT2D eigenvalue weighted by Gasteiger charge is -2.35. The quantitative estimate of drug-likeness (QED) is 0.461. The van der Waals surface area contributed by atoms with Gasteiger partial charge in [0.05, 0.1) is 0 Å². The Labute approximate surface area is 205 Å². The smallest absolute Gasteiger partial charge is 0.443 e. The van der Waals surface area contributed by atoms with Crippen LogP contribution < -0.4 is 4.74 Å². The largest absolute Gasteiger partial charge is 0.469 e. The van der Waals surface area contributed by atoms with Gasteiger partial charge < -0.3 is 22.4 Å². The molecule has 35 heavy (non-hydrogen) atoms. The van der Waals surface area contributed by atoms with Crippen LogP contribution in [0.15, 0.2) is 43.4 Å². The lowest BCUT2D eigenvalue weighted by Crippen LogP contribution is -2.49. The highest BCUT2D eigenvalue weighted by molar-refractivity contribution is 8.26. The number of benzene rings is 1. The Hall–Kier alpha value is -3.49. The summed E-state index contributed by atoms with van der Waals surface area (Å²) in [6.45, 7) is 6.03. The first kappa shape index (κ1) is 22.0. The number of rotatable bonds is 5. The molecule has 0 aliphatic carbocycles. The van der Waals surface area contributed by atoms with Gasteiger partial charge in [-0.05, 0) is 12.1 Å². The maximum Gasteiger partial charge on any atom is 0.443 e. The lowest BCUT2D eigenvalue weighted by atomic mass is 10.1. The van der Waals surface area contributed by atoms with Crippen molar-refractivity contribution in [1.29, 1.82) is 0 Å². The van der Waals surface area contributed by atoms with Crippen molar-refractivity contribution in [3.63, 3.8) is 0 Å². The van der Waals surface area contributed by atoms with E-state index in [0.717, 1.165) is 38.3 Å². The highest BCUT2D eigenvalue weighted by Gasteiger charge is 2.49. The van der Waals surface area contributed by atoms with Gasteiger partial charge in [0.1, 0.15) is 17.2 Å². The molecule has 5 heterocycles. The zero-order chi connectivity index (χ0) is 24.0. The van der Waals surface area contributed by atoms with Gasteiger partial charge in [-0.25, -0.2) is 9.59 Å². The highest BCUT2D eigenvalue weighted by atomic mass is 32.3. The SMILES string of the molecule is Cc1nnc(-c2csc(OCCN3CCN(C4=NS5(OC(=O)C(=O)O5)c5ccccc54)CC3)n2)o1. The first-order chi connectivity index (χ1) is 17.0. The lowest BCUT2D eigenvalue weighted by molar-refractivity contribution is -0.150. The number of piperazine rings is 1. The minimum atomic E-state index is -2.76. The van der Waals surface area contributed by atoms with Gasteiger partial charge in [-0.1, -0.05) is 23.5 Å². The number of thiazole rings is 1. The van der Waals surface area contributed by atoms with Crippen LogP contribution in [0.25, 0.3) is 11.6 Å². The minimum absolute atomic E-state index is 0.381. The van der Waals surface area contributed by atoms with Crippen molar-refractivity contribution in [1.82, 2.24) is 25.0 Å². The minimum Gasteiger partial charge on any atom is -0.469 e. The van der Waals surface area contributed by atoms with Gasteiger partial charge in [0.2, 0.25) is 5.89 Å². The second-order valence-electron chi connectivity index (χ2n) is 7.93. The molecule has 2 fully saturated rings. The molecule has 1 aromatic carbocycles. The molecule has 0 atom stereocenters. The first-order valence-electron chi connectivity index (χ1n) is 10.9. The fourth-order valence-electron chi connectivity index (χ4n) is 4.00. The van der Waals surface area contributed by atoms with Gasteiger partial charge in [0, 0.05) is 61.4 Å². The normalized spacial score (nSPS) is 19.9. The van der Waals surface area contributed by atoms with Crippen LogP contribution in [0.5, 0.6) is 5.19 Å². The van der Waals surface area contributed by atoms with E-state index < -0.39 is 22.7 Å². The molecular weight excluding hydrogens is 496 g/mol. The van der Waals surface area contributed by atoms with Crippen LogP contribution in [0.2, 0.25) is 0 Å². The summed E-state index contributed by atoms with van der Waals surface area (Å²) in [5.74, 6) is -0.427. The number of hydrogen-bond donors (Lipinski definition) is 0. The van der Waals surface area contributed by atoms with Crippen LogP contribution >= 0.6 is 22.1 Å². The molecule has 0 saturated carbocycles. The van der Waals surface area contributed by atoms with Gasteiger partial charge in [-0.3, -0.25) is 4.90 Å². The Morgan fingerprint density at radius 1 is 1.09 bits per heavy atom. The maximum atomic E-state index is 11.8. The number of hydrogen-bond acceptors (Lipinski definition) is 13. The molecule has 14 heteroatoms. The number of carbonyl (C=O) groups excluding carboxylic acids is 2. The third-order valence-corrected chi connectivity index (χ3v) is 8.52. The maximum absolute atomic E-state index is 11.8. The van der Waals surface area contributed by atoms with Gasteiger partial charge >= 0.3 is 11.9 Å². The molecule has 3 aliphatic heterocycles. The number of nitrogens with zero attached hydrogens (tertiary/aromatic N) is 6. The summed E-state index contributed by atoms with van der Waals surface area (Å²) >= 11 is 1.39. The predicted molar refractivity (Wildman–Crippen MR) is 125 cm³/mol. The van der Waals surface area contributed by atoms with Crippen molar-refractivity contribution in [3.8, 4) is 16.8 Å². The average Bonchev–Trinajstić information content (AvgIpc) is 3.63. The molecule has 0 amide bonds. The molecule has 182 valence electrons. The van der Waals surface area contributed by atoms with E-state index in [1.54, 1.807) is 13.0 Å². The standard InChI is InChI=1S/C21H20N6O6S2/c1-13-23-24-18(31-13)15-12-34-21(22-15)30-11-10-26-6-8-27(9-7-26)17-14-4-2-3-5-16(14)35(25-17)32-19(28)20(29)33-35/h2-5,12H,6-11H2,1H3. The summed E-state index contributed by atoms with van der Waals surface area (Å²) in [5.41, 5.74) is 1.44. The van der Waals surface area contributed by atoms with Crippen molar-refractivity contribution in [2.24, 2.45) is 4.40 Å². The van der Waals surface area contributed by atoms with Crippen LogP contribution in [-0.4, -0.2) is 82.1 Å². The molecule has 6 rings (SSSR count). The van der Waals surface area contributed by atoms with E-state index in [2.05, 4.69) is 29.4 Å².